The molecule has 7 heteroatoms. The lowest BCUT2D eigenvalue weighted by Gasteiger charge is -2.21. The summed E-state index contributed by atoms with van der Waals surface area (Å²) < 4.78 is 4.91. The van der Waals surface area contributed by atoms with Gasteiger partial charge in [-0.1, -0.05) is 6.07 Å². The average Bonchev–Trinajstić information content (AvgIpc) is 2.48. The van der Waals surface area contributed by atoms with E-state index in [-0.39, 0.29) is 24.3 Å². The minimum absolute atomic E-state index is 0.0775. The van der Waals surface area contributed by atoms with Crippen LogP contribution in [0.4, 0.5) is 11.4 Å². The smallest absolute Gasteiger partial charge is 0.240 e. The fourth-order valence-corrected chi connectivity index (χ4v) is 1.98. The van der Waals surface area contributed by atoms with Crippen LogP contribution in [0.25, 0.3) is 0 Å². The van der Waals surface area contributed by atoms with Gasteiger partial charge in [0.05, 0.1) is 0 Å². The molecule has 3 amide bonds. The molecule has 1 aromatic carbocycles. The Morgan fingerprint density at radius 3 is 2.57 bits per heavy atom. The largest absolute Gasteiger partial charge is 0.385 e. The third-order valence-electron chi connectivity index (χ3n) is 3.01. The summed E-state index contributed by atoms with van der Waals surface area (Å²) in [6.07, 6.45) is 0.709. The van der Waals surface area contributed by atoms with E-state index in [0.29, 0.717) is 30.9 Å². The Balaban J connectivity index is 2.72. The Hall–Kier alpha value is -2.41. The first-order valence-corrected chi connectivity index (χ1v) is 7.35. The summed E-state index contributed by atoms with van der Waals surface area (Å²) in [6, 6.07) is 6.80. The molecule has 0 fully saturated rings. The van der Waals surface area contributed by atoms with Crippen LogP contribution in [0.2, 0.25) is 0 Å². The van der Waals surface area contributed by atoms with Gasteiger partial charge in [0, 0.05) is 45.5 Å². The van der Waals surface area contributed by atoms with Gasteiger partial charge in [-0.15, -0.1) is 0 Å². The highest BCUT2D eigenvalue weighted by Gasteiger charge is 2.16. The van der Waals surface area contributed by atoms with Gasteiger partial charge in [0.2, 0.25) is 17.7 Å². The van der Waals surface area contributed by atoms with Crippen molar-refractivity contribution in [2.45, 2.75) is 20.3 Å². The fraction of sp³-hybridized carbons (Fsp3) is 0.438. The number of nitrogens with one attached hydrogen (secondary N) is 2. The molecule has 1 rings (SSSR count). The van der Waals surface area contributed by atoms with Crippen molar-refractivity contribution in [1.82, 2.24) is 5.32 Å². The molecule has 0 aliphatic heterocycles. The van der Waals surface area contributed by atoms with Crippen LogP contribution in [0.1, 0.15) is 20.3 Å². The lowest BCUT2D eigenvalue weighted by molar-refractivity contribution is -0.123. The normalized spacial score (nSPS) is 10.0. The molecule has 0 aliphatic carbocycles. The monoisotopic (exact) mass is 321 g/mol. The molecule has 0 unspecified atom stereocenters. The van der Waals surface area contributed by atoms with Crippen LogP contribution in [-0.2, 0) is 19.1 Å². The number of carbonyl (C=O) groups excluding carboxylic acids is 3. The Morgan fingerprint density at radius 2 is 1.96 bits per heavy atom. The maximum Gasteiger partial charge on any atom is 0.240 e. The van der Waals surface area contributed by atoms with E-state index in [1.807, 2.05) is 0 Å². The van der Waals surface area contributed by atoms with Gasteiger partial charge in [-0.2, -0.15) is 0 Å². The van der Waals surface area contributed by atoms with E-state index < -0.39 is 0 Å². The van der Waals surface area contributed by atoms with E-state index in [2.05, 4.69) is 10.6 Å². The van der Waals surface area contributed by atoms with Crippen molar-refractivity contribution in [2.24, 2.45) is 0 Å². The maximum atomic E-state index is 11.9. The number of hydrogen-bond acceptors (Lipinski definition) is 4. The van der Waals surface area contributed by atoms with Gasteiger partial charge in [-0.3, -0.25) is 14.4 Å². The predicted molar refractivity (Wildman–Crippen MR) is 88.3 cm³/mol. The summed E-state index contributed by atoms with van der Waals surface area (Å²) in [4.78, 5) is 36.2. The summed E-state index contributed by atoms with van der Waals surface area (Å²) >= 11 is 0. The van der Waals surface area contributed by atoms with Gasteiger partial charge < -0.3 is 20.3 Å². The zero-order valence-electron chi connectivity index (χ0n) is 13.7. The topological polar surface area (TPSA) is 87.7 Å². The summed E-state index contributed by atoms with van der Waals surface area (Å²) in [5.74, 6) is -0.703. The molecular weight excluding hydrogens is 298 g/mol. The van der Waals surface area contributed by atoms with Crippen molar-refractivity contribution >= 4 is 29.1 Å². The summed E-state index contributed by atoms with van der Waals surface area (Å²) in [6.45, 7) is 3.78. The van der Waals surface area contributed by atoms with Crippen LogP contribution in [0.5, 0.6) is 0 Å². The number of nitrogens with zero attached hydrogens (tertiary/aromatic N) is 1. The fourth-order valence-electron chi connectivity index (χ4n) is 1.98. The second-order valence-electron chi connectivity index (χ2n) is 5.03. The Kier molecular flexibility index (Phi) is 7.76. The van der Waals surface area contributed by atoms with Gasteiger partial charge >= 0.3 is 0 Å². The number of benzene rings is 1. The SMILES string of the molecule is COCCCNC(=O)CN(C(C)=O)c1cccc(NC(C)=O)c1. The molecule has 0 radical (unpaired) electrons. The standard InChI is InChI=1S/C16H23N3O4/c1-12(20)18-14-6-4-7-15(10-14)19(13(2)21)11-16(22)17-8-5-9-23-3/h4,6-7,10H,5,8-9,11H2,1-3H3,(H,17,22)(H,18,20). The molecule has 1 aromatic rings. The number of hydrogen-bond donors (Lipinski definition) is 2. The van der Waals surface area contributed by atoms with Crippen molar-refractivity contribution in [3.05, 3.63) is 24.3 Å². The van der Waals surface area contributed by atoms with E-state index >= 15 is 0 Å². The number of anilines is 2. The van der Waals surface area contributed by atoms with Gasteiger partial charge in [-0.25, -0.2) is 0 Å². The minimum Gasteiger partial charge on any atom is -0.385 e. The number of rotatable bonds is 8. The molecular formula is C16H23N3O4. The first-order chi connectivity index (χ1) is 10.9. The highest BCUT2D eigenvalue weighted by molar-refractivity contribution is 5.98. The summed E-state index contributed by atoms with van der Waals surface area (Å²) in [7, 11) is 1.60. The molecule has 2 N–H and O–H groups in total. The van der Waals surface area contributed by atoms with Crippen molar-refractivity contribution in [1.29, 1.82) is 0 Å². The van der Waals surface area contributed by atoms with E-state index in [1.165, 1.54) is 18.7 Å². The number of ether oxygens (including phenoxy) is 1. The summed E-state index contributed by atoms with van der Waals surface area (Å²) in [5.41, 5.74) is 1.12. The van der Waals surface area contributed by atoms with E-state index in [9.17, 15) is 14.4 Å². The number of methoxy groups -OCH3 is 1. The van der Waals surface area contributed by atoms with E-state index in [4.69, 9.17) is 4.74 Å². The van der Waals surface area contributed by atoms with Gasteiger partial charge in [0.15, 0.2) is 0 Å². The zero-order valence-corrected chi connectivity index (χ0v) is 13.7. The van der Waals surface area contributed by atoms with Crippen molar-refractivity contribution in [3.63, 3.8) is 0 Å². The number of carbonyl (C=O) groups is 3. The lowest BCUT2D eigenvalue weighted by Crippen LogP contribution is -2.40. The molecule has 0 saturated heterocycles. The van der Waals surface area contributed by atoms with Gasteiger partial charge in [0.1, 0.15) is 6.54 Å². The van der Waals surface area contributed by atoms with Crippen LogP contribution in [-0.4, -0.2) is 44.5 Å². The highest BCUT2D eigenvalue weighted by Crippen LogP contribution is 2.19. The molecule has 0 aromatic heterocycles. The third-order valence-corrected chi connectivity index (χ3v) is 3.01. The summed E-state index contributed by atoms with van der Waals surface area (Å²) in [5, 5.41) is 5.39. The van der Waals surface area contributed by atoms with Crippen LogP contribution < -0.4 is 15.5 Å². The second kappa shape index (κ2) is 9.58. The van der Waals surface area contributed by atoms with Crippen molar-refractivity contribution in [2.75, 3.05) is 37.0 Å². The van der Waals surface area contributed by atoms with Gasteiger partial charge in [-0.05, 0) is 24.6 Å². The molecule has 23 heavy (non-hydrogen) atoms. The molecule has 0 aliphatic rings. The Labute approximate surface area is 136 Å². The first kappa shape index (κ1) is 18.6. The highest BCUT2D eigenvalue weighted by atomic mass is 16.5. The third kappa shape index (κ3) is 6.92. The molecule has 0 spiro atoms. The maximum absolute atomic E-state index is 11.9. The van der Waals surface area contributed by atoms with Crippen molar-refractivity contribution in [3.8, 4) is 0 Å². The Morgan fingerprint density at radius 1 is 1.22 bits per heavy atom. The number of amides is 3. The van der Waals surface area contributed by atoms with E-state index in [1.54, 1.807) is 31.4 Å². The van der Waals surface area contributed by atoms with Crippen LogP contribution in [0.15, 0.2) is 24.3 Å². The van der Waals surface area contributed by atoms with Crippen LogP contribution in [0.3, 0.4) is 0 Å². The Bertz CT molecular complexity index is 560. The first-order valence-electron chi connectivity index (χ1n) is 7.35. The minimum atomic E-state index is -0.253. The zero-order chi connectivity index (χ0) is 17.2. The quantitative estimate of drug-likeness (QED) is 0.703. The predicted octanol–water partition coefficient (Wildman–Crippen LogP) is 1.15. The van der Waals surface area contributed by atoms with E-state index in [0.717, 1.165) is 0 Å². The molecule has 0 heterocycles. The molecule has 7 nitrogen and oxygen atoms in total. The van der Waals surface area contributed by atoms with Gasteiger partial charge in [0.25, 0.3) is 0 Å². The molecule has 0 bridgehead atoms. The molecule has 0 saturated carbocycles. The average molecular weight is 321 g/mol. The van der Waals surface area contributed by atoms with Crippen LogP contribution >= 0.6 is 0 Å². The lowest BCUT2D eigenvalue weighted by atomic mass is 10.2. The molecule has 0 atom stereocenters. The van der Waals surface area contributed by atoms with Crippen molar-refractivity contribution < 1.29 is 19.1 Å². The molecule has 126 valence electrons. The van der Waals surface area contributed by atoms with Crippen LogP contribution in [0, 0.1) is 0 Å². The second-order valence-corrected chi connectivity index (χ2v) is 5.03.